The normalized spacial score (nSPS) is 19.5. The zero-order valence-corrected chi connectivity index (χ0v) is 16.5. The van der Waals surface area contributed by atoms with Crippen molar-refractivity contribution in [1.29, 1.82) is 0 Å². The van der Waals surface area contributed by atoms with Crippen LogP contribution in [0.2, 0.25) is 0 Å². The topological polar surface area (TPSA) is 71.8 Å². The van der Waals surface area contributed by atoms with Gasteiger partial charge in [0, 0.05) is 13.0 Å². The Balaban J connectivity index is 1.83. The largest absolute Gasteiger partial charge is 0.497 e. The van der Waals surface area contributed by atoms with Gasteiger partial charge in [0.05, 0.1) is 31.9 Å². The van der Waals surface area contributed by atoms with E-state index >= 15 is 0 Å². The first-order valence-corrected chi connectivity index (χ1v) is 9.87. The molecule has 150 valence electrons. The number of benzene rings is 1. The number of piperidine rings is 1. The summed E-state index contributed by atoms with van der Waals surface area (Å²) in [4.78, 5) is 27.6. The smallest absolute Gasteiger partial charge is 0.225 e. The lowest BCUT2D eigenvalue weighted by Crippen LogP contribution is -2.48. The molecule has 1 fully saturated rings. The number of carbonyl (C=O) groups is 2. The van der Waals surface area contributed by atoms with Crippen molar-refractivity contribution in [2.75, 3.05) is 13.7 Å². The number of methoxy groups -OCH3 is 1. The van der Waals surface area contributed by atoms with Crippen LogP contribution in [-0.4, -0.2) is 30.4 Å². The Labute approximate surface area is 165 Å². The number of rotatable bonds is 8. The number of unbranched alkanes of at least 4 members (excludes halogenated alkanes) is 1. The fourth-order valence-electron chi connectivity index (χ4n) is 3.75. The van der Waals surface area contributed by atoms with Gasteiger partial charge >= 0.3 is 0 Å². The summed E-state index contributed by atoms with van der Waals surface area (Å²) in [7, 11) is 1.62. The Hall–Kier alpha value is -2.76. The summed E-state index contributed by atoms with van der Waals surface area (Å²) in [6, 6.07) is 11.0. The van der Waals surface area contributed by atoms with Crippen molar-refractivity contribution in [3.63, 3.8) is 0 Å². The fraction of sp³-hybridized carbons (Fsp3) is 0.455. The molecule has 2 atom stereocenters. The average Bonchev–Trinajstić information content (AvgIpc) is 3.24. The van der Waals surface area contributed by atoms with Gasteiger partial charge in [0.15, 0.2) is 0 Å². The first-order chi connectivity index (χ1) is 13.6. The van der Waals surface area contributed by atoms with Crippen molar-refractivity contribution in [2.45, 2.75) is 45.2 Å². The highest BCUT2D eigenvalue weighted by molar-refractivity contribution is 5.85. The van der Waals surface area contributed by atoms with Crippen LogP contribution in [0.25, 0.3) is 0 Å². The van der Waals surface area contributed by atoms with Gasteiger partial charge in [0.25, 0.3) is 0 Å². The first kappa shape index (κ1) is 20.0. The molecule has 0 spiro atoms. The molecule has 1 saturated heterocycles. The Bertz CT molecular complexity index is 770. The van der Waals surface area contributed by atoms with Crippen LogP contribution >= 0.6 is 0 Å². The van der Waals surface area contributed by atoms with E-state index in [1.165, 1.54) is 0 Å². The maximum atomic E-state index is 13.0. The zero-order chi connectivity index (χ0) is 19.9. The number of ether oxygens (including phenoxy) is 1. The van der Waals surface area contributed by atoms with Crippen molar-refractivity contribution in [2.24, 2.45) is 5.92 Å². The molecular weight excluding hydrogens is 356 g/mol. The van der Waals surface area contributed by atoms with Crippen LogP contribution in [-0.2, 0) is 16.1 Å². The Morgan fingerprint density at radius 2 is 2.07 bits per heavy atom. The number of amides is 2. The molecule has 1 aromatic heterocycles. The van der Waals surface area contributed by atoms with Gasteiger partial charge in [-0.25, -0.2) is 0 Å². The van der Waals surface area contributed by atoms with Crippen LogP contribution < -0.4 is 10.1 Å². The van der Waals surface area contributed by atoms with Gasteiger partial charge in [-0.05, 0) is 42.7 Å². The Kier molecular flexibility index (Phi) is 6.74. The van der Waals surface area contributed by atoms with Crippen LogP contribution in [0.3, 0.4) is 0 Å². The van der Waals surface area contributed by atoms with Gasteiger partial charge in [0.1, 0.15) is 11.5 Å². The second-order valence-corrected chi connectivity index (χ2v) is 7.10. The minimum absolute atomic E-state index is 0.0498. The third-order valence-corrected chi connectivity index (χ3v) is 5.27. The molecule has 2 aromatic rings. The van der Waals surface area contributed by atoms with Crippen molar-refractivity contribution in [3.05, 3.63) is 54.0 Å². The lowest BCUT2D eigenvalue weighted by Gasteiger charge is -2.41. The van der Waals surface area contributed by atoms with Crippen LogP contribution in [0.15, 0.2) is 47.1 Å². The van der Waals surface area contributed by atoms with E-state index < -0.39 is 0 Å². The van der Waals surface area contributed by atoms with E-state index in [-0.39, 0.29) is 23.8 Å². The summed E-state index contributed by atoms with van der Waals surface area (Å²) in [6.45, 7) is 3.11. The number of hydrogen-bond acceptors (Lipinski definition) is 4. The molecule has 2 heterocycles. The number of nitrogens with one attached hydrogen (secondary N) is 1. The molecule has 2 unspecified atom stereocenters. The first-order valence-electron chi connectivity index (χ1n) is 9.87. The zero-order valence-electron chi connectivity index (χ0n) is 16.5. The summed E-state index contributed by atoms with van der Waals surface area (Å²) in [5.74, 6) is 1.24. The number of furan rings is 1. The van der Waals surface area contributed by atoms with Crippen LogP contribution in [0.5, 0.6) is 5.75 Å². The van der Waals surface area contributed by atoms with Gasteiger partial charge in [-0.2, -0.15) is 0 Å². The molecule has 0 bridgehead atoms. The molecule has 6 nitrogen and oxygen atoms in total. The van der Waals surface area contributed by atoms with Crippen LogP contribution in [0.1, 0.15) is 50.0 Å². The third kappa shape index (κ3) is 4.55. The third-order valence-electron chi connectivity index (χ3n) is 5.27. The predicted molar refractivity (Wildman–Crippen MR) is 106 cm³/mol. The van der Waals surface area contributed by atoms with E-state index in [0.29, 0.717) is 31.7 Å². The molecule has 0 saturated carbocycles. The fourth-order valence-corrected chi connectivity index (χ4v) is 3.75. The summed E-state index contributed by atoms with van der Waals surface area (Å²) in [5.41, 5.74) is 0.961. The molecule has 28 heavy (non-hydrogen) atoms. The number of carbonyl (C=O) groups excluding carboxylic acids is 2. The number of likely N-dealkylation sites (tertiary alicyclic amines) is 1. The van der Waals surface area contributed by atoms with Gasteiger partial charge in [-0.3, -0.25) is 9.59 Å². The number of nitrogens with zero attached hydrogens (tertiary/aromatic N) is 1. The molecule has 2 amide bonds. The minimum Gasteiger partial charge on any atom is -0.497 e. The summed E-state index contributed by atoms with van der Waals surface area (Å²) >= 11 is 0. The maximum absolute atomic E-state index is 13.0. The molecular formula is C22H28N2O4. The minimum atomic E-state index is -0.294. The molecule has 1 aliphatic rings. The molecule has 6 heteroatoms. The lowest BCUT2D eigenvalue weighted by atomic mass is 9.83. The second-order valence-electron chi connectivity index (χ2n) is 7.10. The van der Waals surface area contributed by atoms with Gasteiger partial charge in [-0.1, -0.05) is 25.5 Å². The van der Waals surface area contributed by atoms with Crippen molar-refractivity contribution < 1.29 is 18.7 Å². The van der Waals surface area contributed by atoms with E-state index in [1.54, 1.807) is 19.4 Å². The SMILES string of the molecule is CCCCN1C(=O)CCC(C(=O)NCc2ccco2)C1c1ccc(OC)cc1. The average molecular weight is 384 g/mol. The maximum Gasteiger partial charge on any atom is 0.225 e. The molecule has 1 aliphatic heterocycles. The number of hydrogen-bond donors (Lipinski definition) is 1. The molecule has 1 aromatic carbocycles. The summed E-state index contributed by atoms with van der Waals surface area (Å²) in [6.07, 6.45) is 4.44. The summed E-state index contributed by atoms with van der Waals surface area (Å²) in [5, 5.41) is 2.97. The molecule has 3 rings (SSSR count). The highest BCUT2D eigenvalue weighted by Crippen LogP contribution is 2.37. The standard InChI is InChI=1S/C22H28N2O4/c1-3-4-13-24-20(25)12-11-19(22(26)23-15-18-6-5-14-28-18)21(24)16-7-9-17(27-2)10-8-16/h5-10,14,19,21H,3-4,11-13,15H2,1-2H3,(H,23,26). The van der Waals surface area contributed by atoms with E-state index in [4.69, 9.17) is 9.15 Å². The van der Waals surface area contributed by atoms with Gasteiger partial charge in [0.2, 0.25) is 11.8 Å². The van der Waals surface area contributed by atoms with Gasteiger partial charge in [-0.15, -0.1) is 0 Å². The van der Waals surface area contributed by atoms with Crippen LogP contribution in [0.4, 0.5) is 0 Å². The highest BCUT2D eigenvalue weighted by atomic mass is 16.5. The monoisotopic (exact) mass is 384 g/mol. The highest BCUT2D eigenvalue weighted by Gasteiger charge is 2.40. The van der Waals surface area contributed by atoms with Gasteiger partial charge < -0.3 is 19.4 Å². The van der Waals surface area contributed by atoms with E-state index in [1.807, 2.05) is 35.2 Å². The van der Waals surface area contributed by atoms with Crippen molar-refractivity contribution >= 4 is 11.8 Å². The molecule has 0 radical (unpaired) electrons. The van der Waals surface area contributed by atoms with Crippen molar-refractivity contribution in [3.8, 4) is 5.75 Å². The van der Waals surface area contributed by atoms with Crippen LogP contribution in [0, 0.1) is 5.92 Å². The van der Waals surface area contributed by atoms with E-state index in [2.05, 4.69) is 12.2 Å². The van der Waals surface area contributed by atoms with E-state index in [9.17, 15) is 9.59 Å². The van der Waals surface area contributed by atoms with E-state index in [0.717, 1.165) is 24.2 Å². The summed E-state index contributed by atoms with van der Waals surface area (Å²) < 4.78 is 10.6. The molecule has 0 aliphatic carbocycles. The Morgan fingerprint density at radius 1 is 1.29 bits per heavy atom. The predicted octanol–water partition coefficient (Wildman–Crippen LogP) is 3.68. The quantitative estimate of drug-likeness (QED) is 0.754. The molecule has 1 N–H and O–H groups in total. The second kappa shape index (κ2) is 9.44. The Morgan fingerprint density at radius 3 is 2.71 bits per heavy atom. The van der Waals surface area contributed by atoms with Crippen molar-refractivity contribution in [1.82, 2.24) is 10.2 Å². The lowest BCUT2D eigenvalue weighted by molar-refractivity contribution is -0.143.